The molecule has 3 aromatic heterocycles. The number of nitrogens with one attached hydrogen (secondary N) is 2. The number of nitrogens with zero attached hydrogens (tertiary/aromatic N) is 3. The summed E-state index contributed by atoms with van der Waals surface area (Å²) in [6.45, 7) is 0.425. The molecule has 42 heavy (non-hydrogen) atoms. The van der Waals surface area contributed by atoms with E-state index in [-0.39, 0.29) is 34.7 Å². The predicted octanol–water partition coefficient (Wildman–Crippen LogP) is 0.536. The van der Waals surface area contributed by atoms with Gasteiger partial charge < -0.3 is 29.0 Å². The fraction of sp³-hybridized carbons (Fsp3) is 0.375. The fourth-order valence-electron chi connectivity index (χ4n) is 4.30. The first-order valence-corrected chi connectivity index (χ1v) is 14.0. The minimum absolute atomic E-state index is 0.0590. The molecule has 1 aliphatic rings. The SMILES string of the molecule is CCC(=O)Nc1nc2c(ncn2[C@@H]2O[C@H](COP(=O)(O)OCc3cc(=O)oc4cc(OC)ccc34)[C@@H](O)[C@H]2O)c(=O)[nH]1. The predicted molar refractivity (Wildman–Crippen MR) is 143 cm³/mol. The topological polar surface area (TPSA) is 238 Å². The molecule has 17 nitrogen and oxygen atoms in total. The van der Waals surface area contributed by atoms with Crippen LogP contribution in [0.5, 0.6) is 5.75 Å². The number of imidazole rings is 1. The normalized spacial score (nSPS) is 21.9. The molecule has 0 bridgehead atoms. The third-order valence-electron chi connectivity index (χ3n) is 6.45. The van der Waals surface area contributed by atoms with Crippen molar-refractivity contribution in [3.63, 3.8) is 0 Å². The van der Waals surface area contributed by atoms with Gasteiger partial charge in [-0.1, -0.05) is 6.92 Å². The maximum Gasteiger partial charge on any atom is 0.472 e. The van der Waals surface area contributed by atoms with Crippen molar-refractivity contribution in [2.45, 2.75) is 44.5 Å². The summed E-state index contributed by atoms with van der Waals surface area (Å²) < 4.78 is 39.8. The van der Waals surface area contributed by atoms with E-state index in [0.29, 0.717) is 11.1 Å². The third-order valence-corrected chi connectivity index (χ3v) is 7.38. The number of hydrogen-bond acceptors (Lipinski definition) is 13. The van der Waals surface area contributed by atoms with Gasteiger partial charge in [-0.25, -0.2) is 14.3 Å². The molecule has 5 atom stereocenters. The van der Waals surface area contributed by atoms with E-state index in [1.54, 1.807) is 19.1 Å². The number of hydrogen-bond donors (Lipinski definition) is 5. The number of fused-ring (bicyclic) bond motifs is 2. The summed E-state index contributed by atoms with van der Waals surface area (Å²) in [6, 6.07) is 5.78. The fourth-order valence-corrected chi connectivity index (χ4v) is 5.01. The Morgan fingerprint density at radius 1 is 1.21 bits per heavy atom. The Bertz CT molecular complexity index is 1800. The van der Waals surface area contributed by atoms with E-state index >= 15 is 0 Å². The van der Waals surface area contributed by atoms with E-state index in [9.17, 15) is 34.1 Å². The summed E-state index contributed by atoms with van der Waals surface area (Å²) in [7, 11) is -3.32. The van der Waals surface area contributed by atoms with Crippen molar-refractivity contribution in [3.8, 4) is 5.75 Å². The molecule has 5 rings (SSSR count). The number of aromatic nitrogens is 4. The number of methoxy groups -OCH3 is 1. The highest BCUT2D eigenvalue weighted by Gasteiger charge is 2.45. The first-order valence-electron chi connectivity index (χ1n) is 12.5. The summed E-state index contributed by atoms with van der Waals surface area (Å²) in [5.41, 5.74) is -1.13. The summed E-state index contributed by atoms with van der Waals surface area (Å²) in [5.74, 6) is -0.130. The van der Waals surface area contributed by atoms with Crippen LogP contribution in [0.2, 0.25) is 0 Å². The van der Waals surface area contributed by atoms with Gasteiger partial charge in [0.15, 0.2) is 17.4 Å². The molecule has 1 fully saturated rings. The number of aliphatic hydroxyl groups excluding tert-OH is 2. The molecule has 224 valence electrons. The van der Waals surface area contributed by atoms with Gasteiger partial charge in [-0.15, -0.1) is 0 Å². The van der Waals surface area contributed by atoms with Crippen LogP contribution in [0.3, 0.4) is 0 Å². The second kappa shape index (κ2) is 11.7. The Morgan fingerprint density at radius 2 is 2.00 bits per heavy atom. The maximum atomic E-state index is 12.6. The van der Waals surface area contributed by atoms with Crippen LogP contribution < -0.4 is 21.2 Å². The Kier molecular flexibility index (Phi) is 8.25. The highest BCUT2D eigenvalue weighted by molar-refractivity contribution is 7.47. The monoisotopic (exact) mass is 607 g/mol. The molecule has 0 radical (unpaired) electrons. The summed E-state index contributed by atoms with van der Waals surface area (Å²) in [6.07, 6.45) is -4.54. The van der Waals surface area contributed by atoms with Crippen LogP contribution in [0, 0.1) is 0 Å². The number of carbonyl (C=O) groups is 1. The number of amides is 1. The van der Waals surface area contributed by atoms with Crippen molar-refractivity contribution in [1.82, 2.24) is 19.5 Å². The zero-order valence-electron chi connectivity index (χ0n) is 22.1. The summed E-state index contributed by atoms with van der Waals surface area (Å²) in [4.78, 5) is 56.9. The average Bonchev–Trinajstić information content (AvgIpc) is 3.50. The van der Waals surface area contributed by atoms with Crippen molar-refractivity contribution in [2.75, 3.05) is 19.0 Å². The highest BCUT2D eigenvalue weighted by Crippen LogP contribution is 2.45. The number of phosphoric ester groups is 1. The van der Waals surface area contributed by atoms with Crippen molar-refractivity contribution in [1.29, 1.82) is 0 Å². The number of aromatic amines is 1. The lowest BCUT2D eigenvalue weighted by atomic mass is 10.1. The van der Waals surface area contributed by atoms with Crippen LogP contribution in [-0.2, 0) is 29.8 Å². The van der Waals surface area contributed by atoms with Crippen LogP contribution >= 0.6 is 7.82 Å². The van der Waals surface area contributed by atoms with E-state index in [4.69, 9.17) is 22.9 Å². The molecule has 1 unspecified atom stereocenters. The first kappa shape index (κ1) is 29.5. The molecule has 4 aromatic rings. The Balaban J connectivity index is 1.28. The highest BCUT2D eigenvalue weighted by atomic mass is 31.2. The van der Waals surface area contributed by atoms with E-state index < -0.39 is 62.7 Å². The van der Waals surface area contributed by atoms with Gasteiger partial charge in [0.2, 0.25) is 11.9 Å². The molecule has 1 saturated heterocycles. The van der Waals surface area contributed by atoms with Crippen molar-refractivity contribution < 1.29 is 47.4 Å². The number of anilines is 1. The molecule has 18 heteroatoms. The van der Waals surface area contributed by atoms with Crippen LogP contribution in [0.1, 0.15) is 25.1 Å². The van der Waals surface area contributed by atoms with Crippen molar-refractivity contribution >= 4 is 41.8 Å². The van der Waals surface area contributed by atoms with Crippen molar-refractivity contribution in [2.24, 2.45) is 0 Å². The first-order chi connectivity index (χ1) is 20.0. The zero-order valence-corrected chi connectivity index (χ0v) is 23.0. The Morgan fingerprint density at radius 3 is 2.74 bits per heavy atom. The second-order valence-electron chi connectivity index (χ2n) is 9.18. The average molecular weight is 607 g/mol. The van der Waals surface area contributed by atoms with Gasteiger partial charge in [0.1, 0.15) is 29.6 Å². The summed E-state index contributed by atoms with van der Waals surface area (Å²) >= 11 is 0. The molecule has 1 aromatic carbocycles. The van der Waals surface area contributed by atoms with Gasteiger partial charge >= 0.3 is 13.4 Å². The van der Waals surface area contributed by atoms with Gasteiger partial charge in [-0.2, -0.15) is 4.98 Å². The lowest BCUT2D eigenvalue weighted by Crippen LogP contribution is -2.33. The molecule has 5 N–H and O–H groups in total. The van der Waals surface area contributed by atoms with E-state index in [0.717, 1.165) is 12.4 Å². The number of carbonyl (C=O) groups excluding carboxylic acids is 1. The van der Waals surface area contributed by atoms with Crippen LogP contribution in [0.25, 0.3) is 22.1 Å². The number of ether oxygens (including phenoxy) is 2. The van der Waals surface area contributed by atoms with Gasteiger partial charge in [0, 0.05) is 23.9 Å². The number of rotatable bonds is 10. The minimum Gasteiger partial charge on any atom is -0.497 e. The second-order valence-corrected chi connectivity index (χ2v) is 10.6. The van der Waals surface area contributed by atoms with E-state index in [2.05, 4.69) is 20.3 Å². The quantitative estimate of drug-likeness (QED) is 0.122. The molecule has 4 heterocycles. The molecular formula is C24H26N5O12P. The number of phosphoric acid groups is 1. The van der Waals surface area contributed by atoms with Crippen LogP contribution in [-0.4, -0.2) is 72.6 Å². The molecule has 0 aliphatic carbocycles. The van der Waals surface area contributed by atoms with E-state index in [1.807, 2.05) is 0 Å². The molecular weight excluding hydrogens is 581 g/mol. The number of aliphatic hydroxyl groups is 2. The van der Waals surface area contributed by atoms with Crippen LogP contribution in [0.15, 0.2) is 44.6 Å². The number of benzene rings is 1. The lowest BCUT2D eigenvalue weighted by molar-refractivity contribution is -0.115. The molecule has 0 saturated carbocycles. The van der Waals surface area contributed by atoms with Gasteiger partial charge in [-0.3, -0.25) is 33.5 Å². The number of H-pyrrole nitrogens is 1. The molecule has 1 aliphatic heterocycles. The van der Waals surface area contributed by atoms with Gasteiger partial charge in [-0.05, 0) is 17.7 Å². The largest absolute Gasteiger partial charge is 0.497 e. The minimum atomic E-state index is -4.76. The zero-order chi connectivity index (χ0) is 30.2. The summed E-state index contributed by atoms with van der Waals surface area (Å²) in [5, 5.41) is 24.1. The van der Waals surface area contributed by atoms with Gasteiger partial charge in [0.25, 0.3) is 5.56 Å². The van der Waals surface area contributed by atoms with Gasteiger partial charge in [0.05, 0.1) is 26.7 Å². The maximum absolute atomic E-state index is 12.6. The third kappa shape index (κ3) is 5.98. The van der Waals surface area contributed by atoms with E-state index in [1.165, 1.54) is 17.7 Å². The smallest absolute Gasteiger partial charge is 0.472 e. The Labute approximate surface area is 235 Å². The molecule has 0 spiro atoms. The standard InChI is InChI=1S/C24H26N5O12P/c1-3-16(30)26-24-27-21-18(22(34)28-24)25-10-29(21)23-20(33)19(32)15(41-23)9-39-42(35,36)38-8-11-6-17(31)40-14-7-12(37-2)4-5-13(11)14/h4-7,10,15,19-20,23,32-33H,3,8-9H2,1-2H3,(H,35,36)(H2,26,27,28,30,34)/t15-,19-,20-,23-/m1/s1. The van der Waals surface area contributed by atoms with Crippen LogP contribution in [0.4, 0.5) is 5.95 Å². The van der Waals surface area contributed by atoms with Crippen molar-refractivity contribution in [3.05, 3.63) is 56.9 Å². The lowest BCUT2D eigenvalue weighted by Gasteiger charge is -2.18. The molecule has 1 amide bonds. The Hall–Kier alpha value is -3.96.